The zero-order valence-electron chi connectivity index (χ0n) is 61.2. The van der Waals surface area contributed by atoms with Gasteiger partial charge in [-0.05, 0) is 72.2 Å². The third kappa shape index (κ3) is 27.5. The Balaban J connectivity index is 0.000000296. The van der Waals surface area contributed by atoms with E-state index in [2.05, 4.69) is 124 Å². The van der Waals surface area contributed by atoms with Gasteiger partial charge in [-0.25, -0.2) is 9.97 Å². The zero-order valence-corrected chi connectivity index (χ0v) is 62.8. The molecule has 6 heterocycles. The van der Waals surface area contributed by atoms with Crippen molar-refractivity contribution in [1.29, 1.82) is 0 Å². The molecular formula is C72H106N18O14S2. The van der Waals surface area contributed by atoms with E-state index >= 15 is 0 Å². The minimum absolute atomic E-state index is 0.00603. The molecule has 2 unspecified atom stereocenters. The van der Waals surface area contributed by atoms with Gasteiger partial charge in [-0.15, -0.1) is 23.5 Å². The summed E-state index contributed by atoms with van der Waals surface area (Å²) in [6.45, 7) is 19.8. The van der Waals surface area contributed by atoms with E-state index in [9.17, 15) is 43.5 Å². The summed E-state index contributed by atoms with van der Waals surface area (Å²) in [5.41, 5.74) is 33.7. The van der Waals surface area contributed by atoms with Crippen LogP contribution in [-0.4, -0.2) is 256 Å². The normalized spacial score (nSPS) is 14.6. The number of nitrogens with two attached hydrogens (primary N) is 4. The van der Waals surface area contributed by atoms with Gasteiger partial charge in [0.1, 0.15) is 28.4 Å². The number of nitrogens with one attached hydrogen (secondary N) is 4. The molecule has 0 saturated carbocycles. The maximum absolute atomic E-state index is 12.8. The van der Waals surface area contributed by atoms with Gasteiger partial charge in [0.25, 0.3) is 0 Å². The van der Waals surface area contributed by atoms with Crippen LogP contribution in [0, 0.1) is 13.8 Å². The molecule has 580 valence electrons. The summed E-state index contributed by atoms with van der Waals surface area (Å²) in [6, 6.07) is 14.7. The molecule has 0 bridgehead atoms. The fourth-order valence-corrected chi connectivity index (χ4v) is 14.1. The van der Waals surface area contributed by atoms with Gasteiger partial charge in [0.05, 0.1) is 62.0 Å². The van der Waals surface area contributed by atoms with Crippen molar-refractivity contribution in [3.63, 3.8) is 0 Å². The molecule has 2 aliphatic heterocycles. The highest BCUT2D eigenvalue weighted by atomic mass is 32.2. The molecule has 8 rings (SSSR count). The fraction of sp³-hybridized carbons (Fsp3) is 0.556. The van der Waals surface area contributed by atoms with Crippen molar-refractivity contribution in [1.82, 2.24) is 59.3 Å². The Kier molecular flexibility index (Phi) is 34.7. The number of piperazine rings is 2. The first-order valence-corrected chi connectivity index (χ1v) is 38.2. The van der Waals surface area contributed by atoms with Crippen molar-refractivity contribution < 1.29 is 68.3 Å². The highest BCUT2D eigenvalue weighted by molar-refractivity contribution is 8.00. The summed E-state index contributed by atoms with van der Waals surface area (Å²) >= 11 is 1.70. The number of carboxylic acid groups (broad SMARTS) is 4. The molecule has 34 heteroatoms. The van der Waals surface area contributed by atoms with Crippen LogP contribution < -0.4 is 44.2 Å². The minimum Gasteiger partial charge on any atom is -0.481 e. The first kappa shape index (κ1) is 84.4. The number of anilines is 4. The van der Waals surface area contributed by atoms with Crippen LogP contribution in [0.4, 0.5) is 23.5 Å². The number of benzene rings is 2. The lowest BCUT2D eigenvalue weighted by atomic mass is 10.0. The topological polar surface area (TPSA) is 463 Å². The lowest BCUT2D eigenvalue weighted by Gasteiger charge is -2.35. The number of ether oxygens (including phenoxy) is 2. The van der Waals surface area contributed by atoms with E-state index in [1.54, 1.807) is 0 Å². The number of carboxylic acids is 4. The van der Waals surface area contributed by atoms with E-state index in [4.69, 9.17) is 47.7 Å². The molecule has 106 heavy (non-hydrogen) atoms. The lowest BCUT2D eigenvalue weighted by Crippen LogP contribution is -2.48. The van der Waals surface area contributed by atoms with Crippen LogP contribution in [0.25, 0.3) is 22.1 Å². The van der Waals surface area contributed by atoms with Gasteiger partial charge in [0.15, 0.2) is 11.6 Å². The molecule has 16 N–H and O–H groups in total. The Morgan fingerprint density at radius 2 is 0.953 bits per heavy atom. The number of nitrogens with zero attached hydrogens (tertiary/aromatic N) is 10. The Labute approximate surface area is 626 Å². The van der Waals surface area contributed by atoms with E-state index in [0.717, 1.165) is 148 Å². The predicted molar refractivity (Wildman–Crippen MR) is 409 cm³/mol. The van der Waals surface area contributed by atoms with Crippen molar-refractivity contribution in [2.75, 3.05) is 139 Å². The number of amides is 4. The van der Waals surface area contributed by atoms with Crippen molar-refractivity contribution in [2.45, 2.75) is 141 Å². The lowest BCUT2D eigenvalue weighted by molar-refractivity contribution is -0.139. The van der Waals surface area contributed by atoms with Gasteiger partial charge in [-0.3, -0.25) is 48.2 Å². The maximum atomic E-state index is 12.8. The number of unbranched alkanes of at least 4 members (excludes halogenated alkanes) is 4. The molecule has 2 aliphatic rings. The van der Waals surface area contributed by atoms with Gasteiger partial charge >= 0.3 is 23.9 Å². The molecule has 4 atom stereocenters. The summed E-state index contributed by atoms with van der Waals surface area (Å²) in [7, 11) is 0. The number of rotatable bonds is 44. The second-order valence-corrected chi connectivity index (χ2v) is 28.8. The molecule has 2 saturated heterocycles. The number of hydrogen-bond acceptors (Lipinski definition) is 24. The Morgan fingerprint density at radius 3 is 1.36 bits per heavy atom. The van der Waals surface area contributed by atoms with E-state index < -0.39 is 64.7 Å². The van der Waals surface area contributed by atoms with Crippen molar-refractivity contribution >= 4 is 117 Å². The van der Waals surface area contributed by atoms with Crippen molar-refractivity contribution in [3.05, 3.63) is 94.3 Å². The SMILES string of the molecule is CCCCCNc1nc(N)nc2ccn(Cc3ccc(CN4CCN(C(=O)CCOCCNC(=O)C(CC(=O)O)SC[C@H](N)C(=O)O)CC4)cc3C)c12.CCCCCNc1nc(N)nc2ccn(Cc3ccc(CN4CCN(C(=O)CCOCCNC(=O)CC(SC[C@H](N)C(=O)O)C(=O)O)CC4)cc3C)c12. The van der Waals surface area contributed by atoms with Crippen LogP contribution in [0.15, 0.2) is 60.9 Å². The van der Waals surface area contributed by atoms with Crippen molar-refractivity contribution in [2.24, 2.45) is 11.5 Å². The van der Waals surface area contributed by atoms with Crippen LogP contribution in [0.5, 0.6) is 0 Å². The third-order valence-corrected chi connectivity index (χ3v) is 20.7. The molecule has 0 radical (unpaired) electrons. The number of aromatic nitrogens is 6. The zero-order chi connectivity index (χ0) is 76.7. The number of hydrogen-bond donors (Lipinski definition) is 12. The van der Waals surface area contributed by atoms with E-state index in [1.165, 1.54) is 33.4 Å². The molecule has 2 fully saturated rings. The molecule has 4 aromatic heterocycles. The molecule has 0 aliphatic carbocycles. The first-order valence-electron chi connectivity index (χ1n) is 36.1. The largest absolute Gasteiger partial charge is 0.481 e. The molecule has 2 aromatic carbocycles. The molecule has 4 amide bonds. The van der Waals surface area contributed by atoms with Crippen molar-refractivity contribution in [3.8, 4) is 0 Å². The summed E-state index contributed by atoms with van der Waals surface area (Å²) in [4.78, 5) is 121. The molecule has 6 aromatic rings. The highest BCUT2D eigenvalue weighted by Gasteiger charge is 2.28. The Morgan fingerprint density at radius 1 is 0.519 bits per heavy atom. The van der Waals surface area contributed by atoms with Crippen LogP contribution >= 0.6 is 23.5 Å². The second kappa shape index (κ2) is 43.7. The van der Waals surface area contributed by atoms with E-state index in [0.29, 0.717) is 39.3 Å². The van der Waals surface area contributed by atoms with Crippen LogP contribution in [0.1, 0.15) is 111 Å². The number of carbonyl (C=O) groups is 8. The quantitative estimate of drug-likeness (QED) is 0.0238. The first-order chi connectivity index (χ1) is 50.9. The monoisotopic (exact) mass is 1510 g/mol. The summed E-state index contributed by atoms with van der Waals surface area (Å²) in [6.07, 6.45) is 10.4. The highest BCUT2D eigenvalue weighted by Crippen LogP contribution is 2.28. The van der Waals surface area contributed by atoms with Gasteiger partial charge in [-0.2, -0.15) is 9.97 Å². The number of carbonyl (C=O) groups excluding carboxylic acids is 4. The predicted octanol–water partition coefficient (Wildman–Crippen LogP) is 4.26. The van der Waals surface area contributed by atoms with Gasteiger partial charge in [0.2, 0.25) is 35.5 Å². The number of thioether (sulfide) groups is 2. The van der Waals surface area contributed by atoms with E-state index in [1.807, 2.05) is 34.3 Å². The average Bonchev–Trinajstić information content (AvgIpc) is 1.63. The Bertz CT molecular complexity index is 3880. The molecular weight excluding hydrogens is 1410 g/mol. The summed E-state index contributed by atoms with van der Waals surface area (Å²) in [5, 5.41) is 46.2. The molecule has 0 spiro atoms. The van der Waals surface area contributed by atoms with Gasteiger partial charge in [-0.1, -0.05) is 75.9 Å². The van der Waals surface area contributed by atoms with Crippen LogP contribution in [0.3, 0.4) is 0 Å². The summed E-state index contributed by atoms with van der Waals surface area (Å²) in [5.74, 6) is -4.05. The number of fused-ring (bicyclic) bond motifs is 2. The third-order valence-electron chi connectivity index (χ3n) is 18.1. The smallest absolute Gasteiger partial charge is 0.321 e. The summed E-state index contributed by atoms with van der Waals surface area (Å²) < 4.78 is 15.4. The maximum Gasteiger partial charge on any atom is 0.321 e. The average molecular weight is 1510 g/mol. The van der Waals surface area contributed by atoms with Gasteiger partial charge in [0, 0.05) is 135 Å². The number of nitrogen functional groups attached to an aromatic ring is 2. The number of aryl methyl sites for hydroxylation is 2. The number of aliphatic carboxylic acids is 4. The second-order valence-electron chi connectivity index (χ2n) is 26.4. The Hall–Kier alpha value is -8.90. The fourth-order valence-electron chi connectivity index (χ4n) is 12.1. The van der Waals surface area contributed by atoms with Crippen LogP contribution in [0.2, 0.25) is 0 Å². The molecule has 32 nitrogen and oxygen atoms in total. The standard InChI is InChI=1S/2C36H53N9O7S/c1-3-4-5-10-40-33-32-28(41-36(38)42-33)8-12-45(32)22-26-7-6-25(19-24(26)2)21-43-13-15-44(16-14-43)31(47)9-17-52-18-11-39-30(46)20-29(35(50)51)53-23-27(37)34(48)49;1-3-4-5-10-39-33-32-28(41-36(38)42-33)8-12-45(32)22-26-7-6-25(19-24(26)2)21-43-13-15-44(16-14-43)30(46)9-17-52-18-11-40-34(49)29(20-31(47)48)53-23-27(37)35(50)51/h6-8,12,19,27,29H,3-5,9-11,13-18,20-23,37H2,1-2H3,(H,39,46)(H,48,49)(H,50,51)(H3,38,40,41,42);6-8,12,19,27,29H,3-5,9-11,13-18,20-23,37H2,1-2H3,(H,40,49)(H,47,48)(H,50,51)(H3,38,39,41,42)/t2*27-,29?/m00/s1. The van der Waals surface area contributed by atoms with E-state index in [-0.39, 0.29) is 94.0 Å². The minimum atomic E-state index is -1.24. The van der Waals surface area contributed by atoms with Gasteiger partial charge < -0.3 is 93.0 Å². The van der Waals surface area contributed by atoms with Crippen LogP contribution in [-0.2, 0) is 74.0 Å².